The van der Waals surface area contributed by atoms with E-state index in [1.54, 1.807) is 12.1 Å². The molecule has 2 heterocycles. The zero-order chi connectivity index (χ0) is 20.6. The first-order valence-corrected chi connectivity index (χ1v) is 10.7. The van der Waals surface area contributed by atoms with Crippen LogP contribution in [0.25, 0.3) is 0 Å². The van der Waals surface area contributed by atoms with Crippen molar-refractivity contribution < 1.29 is 18.3 Å². The van der Waals surface area contributed by atoms with E-state index < -0.39 is 18.8 Å². The standard InChI is InChI=1S/C18H28ClF3N4OS.HI/c1-2-23-17(25-11-14(27)15-3-4-16(19)28-15)24-8-5-13-6-9-26(10-7-13)12-18(20,21)22;/h3-4,13-14,27H,2,5-12H2,1H3,(H2,23,24,25);1H. The summed E-state index contributed by atoms with van der Waals surface area (Å²) in [5, 5.41) is 16.6. The molecule has 0 aliphatic carbocycles. The van der Waals surface area contributed by atoms with Crippen LogP contribution in [0, 0.1) is 5.92 Å². The number of aliphatic hydroxyl groups is 1. The monoisotopic (exact) mass is 568 g/mol. The molecule has 0 saturated carbocycles. The highest BCUT2D eigenvalue weighted by atomic mass is 127. The summed E-state index contributed by atoms with van der Waals surface area (Å²) in [6, 6.07) is 3.54. The molecule has 1 aliphatic rings. The molecule has 1 aromatic heterocycles. The molecule has 29 heavy (non-hydrogen) atoms. The van der Waals surface area contributed by atoms with Gasteiger partial charge in [-0.15, -0.1) is 35.3 Å². The molecule has 1 unspecified atom stereocenters. The summed E-state index contributed by atoms with van der Waals surface area (Å²) in [6.45, 7) is 3.75. The molecule has 1 aliphatic heterocycles. The van der Waals surface area contributed by atoms with E-state index in [-0.39, 0.29) is 30.5 Å². The molecule has 1 fully saturated rings. The first-order chi connectivity index (χ1) is 13.3. The van der Waals surface area contributed by atoms with Crippen LogP contribution >= 0.6 is 46.9 Å². The minimum Gasteiger partial charge on any atom is -0.386 e. The number of guanidine groups is 1. The van der Waals surface area contributed by atoms with E-state index >= 15 is 0 Å². The van der Waals surface area contributed by atoms with Crippen molar-refractivity contribution in [2.45, 2.75) is 38.5 Å². The summed E-state index contributed by atoms with van der Waals surface area (Å²) in [7, 11) is 0. The van der Waals surface area contributed by atoms with Crippen LogP contribution in [0.3, 0.4) is 0 Å². The van der Waals surface area contributed by atoms with Gasteiger partial charge in [0, 0.05) is 18.0 Å². The Bertz CT molecular complexity index is 624. The molecule has 0 bridgehead atoms. The number of thiophene rings is 1. The van der Waals surface area contributed by atoms with Crippen LogP contribution in [0.15, 0.2) is 17.1 Å². The lowest BCUT2D eigenvalue weighted by Gasteiger charge is -2.32. The molecule has 0 spiro atoms. The van der Waals surface area contributed by atoms with Crippen molar-refractivity contribution in [1.29, 1.82) is 0 Å². The SMILES string of the molecule is CCNC(=NCC(O)c1ccc(Cl)s1)NCCC1CCN(CC(F)(F)F)CC1.I. The molecule has 1 saturated heterocycles. The molecule has 168 valence electrons. The van der Waals surface area contributed by atoms with Gasteiger partial charge < -0.3 is 15.7 Å². The van der Waals surface area contributed by atoms with E-state index in [0.717, 1.165) is 24.1 Å². The van der Waals surface area contributed by atoms with Crippen molar-refractivity contribution in [2.75, 3.05) is 39.3 Å². The maximum absolute atomic E-state index is 12.4. The van der Waals surface area contributed by atoms with Gasteiger partial charge in [-0.2, -0.15) is 13.2 Å². The lowest BCUT2D eigenvalue weighted by molar-refractivity contribution is -0.148. The third-order valence-corrected chi connectivity index (χ3v) is 5.98. The second kappa shape index (κ2) is 13.2. The zero-order valence-electron chi connectivity index (χ0n) is 16.3. The molecule has 5 nitrogen and oxygen atoms in total. The summed E-state index contributed by atoms with van der Waals surface area (Å²) in [6.07, 6.45) is -2.38. The van der Waals surface area contributed by atoms with Crippen molar-refractivity contribution in [3.05, 3.63) is 21.3 Å². The van der Waals surface area contributed by atoms with Gasteiger partial charge in [0.1, 0.15) is 6.10 Å². The first-order valence-electron chi connectivity index (χ1n) is 9.51. The minimum atomic E-state index is -4.12. The lowest BCUT2D eigenvalue weighted by Crippen LogP contribution is -2.41. The molecule has 3 N–H and O–H groups in total. The fraction of sp³-hybridized carbons (Fsp3) is 0.722. The van der Waals surface area contributed by atoms with Crippen LogP contribution in [0.1, 0.15) is 37.2 Å². The fourth-order valence-electron chi connectivity index (χ4n) is 3.20. The van der Waals surface area contributed by atoms with E-state index in [4.69, 9.17) is 11.6 Å². The topological polar surface area (TPSA) is 59.9 Å². The van der Waals surface area contributed by atoms with E-state index in [0.29, 0.717) is 42.4 Å². The van der Waals surface area contributed by atoms with E-state index in [9.17, 15) is 18.3 Å². The number of alkyl halides is 3. The maximum Gasteiger partial charge on any atom is 0.401 e. The van der Waals surface area contributed by atoms with Crippen molar-refractivity contribution in [1.82, 2.24) is 15.5 Å². The molecule has 0 amide bonds. The quantitative estimate of drug-likeness (QED) is 0.249. The Balaban J connectivity index is 0.00000420. The van der Waals surface area contributed by atoms with Crippen molar-refractivity contribution in [2.24, 2.45) is 10.9 Å². The van der Waals surface area contributed by atoms with Gasteiger partial charge in [-0.1, -0.05) is 11.6 Å². The van der Waals surface area contributed by atoms with Crippen molar-refractivity contribution in [3.8, 4) is 0 Å². The number of hydrogen-bond acceptors (Lipinski definition) is 4. The van der Waals surface area contributed by atoms with Crippen LogP contribution < -0.4 is 10.6 Å². The largest absolute Gasteiger partial charge is 0.401 e. The summed E-state index contributed by atoms with van der Waals surface area (Å²) >= 11 is 7.22. The molecule has 0 radical (unpaired) electrons. The molecular formula is C18H29ClF3IN4OS. The zero-order valence-corrected chi connectivity index (χ0v) is 20.2. The Morgan fingerprint density at radius 1 is 1.34 bits per heavy atom. The number of likely N-dealkylation sites (tertiary alicyclic amines) is 1. The number of nitrogens with zero attached hydrogens (tertiary/aromatic N) is 2. The minimum absolute atomic E-state index is 0. The number of nitrogens with one attached hydrogen (secondary N) is 2. The predicted molar refractivity (Wildman–Crippen MR) is 124 cm³/mol. The highest BCUT2D eigenvalue weighted by Crippen LogP contribution is 2.27. The number of hydrogen-bond donors (Lipinski definition) is 3. The molecular weight excluding hydrogens is 540 g/mol. The molecule has 1 aromatic rings. The van der Waals surface area contributed by atoms with Crippen LogP contribution in [0.4, 0.5) is 13.2 Å². The second-order valence-electron chi connectivity index (χ2n) is 6.93. The van der Waals surface area contributed by atoms with Gasteiger partial charge in [0.15, 0.2) is 5.96 Å². The van der Waals surface area contributed by atoms with E-state index in [1.807, 2.05) is 6.92 Å². The third-order valence-electron chi connectivity index (χ3n) is 4.64. The Morgan fingerprint density at radius 3 is 2.59 bits per heavy atom. The summed E-state index contributed by atoms with van der Waals surface area (Å²) in [5.41, 5.74) is 0. The Morgan fingerprint density at radius 2 is 2.03 bits per heavy atom. The summed E-state index contributed by atoms with van der Waals surface area (Å²) < 4.78 is 38.0. The van der Waals surface area contributed by atoms with Crippen molar-refractivity contribution >= 4 is 52.9 Å². The number of aliphatic hydroxyl groups excluding tert-OH is 1. The van der Waals surface area contributed by atoms with Gasteiger partial charge >= 0.3 is 6.18 Å². The number of rotatable bonds is 8. The highest BCUT2D eigenvalue weighted by Gasteiger charge is 2.32. The fourth-order valence-corrected chi connectivity index (χ4v) is 4.24. The normalized spacial score (nSPS) is 17.7. The molecule has 2 rings (SSSR count). The Hall–Kier alpha value is -0.300. The van der Waals surface area contributed by atoms with E-state index in [1.165, 1.54) is 16.2 Å². The third kappa shape index (κ3) is 10.5. The highest BCUT2D eigenvalue weighted by molar-refractivity contribution is 14.0. The van der Waals surface area contributed by atoms with Crippen LogP contribution in [0.2, 0.25) is 4.34 Å². The Kier molecular flexibility index (Phi) is 12.2. The first kappa shape index (κ1) is 26.7. The van der Waals surface area contributed by atoms with E-state index in [2.05, 4.69) is 15.6 Å². The van der Waals surface area contributed by atoms with Crippen LogP contribution in [0.5, 0.6) is 0 Å². The number of halogens is 5. The van der Waals surface area contributed by atoms with Gasteiger partial charge in [-0.25, -0.2) is 0 Å². The number of aliphatic imine (C=N–C) groups is 1. The average Bonchev–Trinajstić information content (AvgIpc) is 3.06. The number of piperidine rings is 1. The van der Waals surface area contributed by atoms with Gasteiger partial charge in [-0.05, 0) is 57.3 Å². The summed E-state index contributed by atoms with van der Waals surface area (Å²) in [5.74, 6) is 1.04. The summed E-state index contributed by atoms with van der Waals surface area (Å²) in [4.78, 5) is 6.66. The van der Waals surface area contributed by atoms with Gasteiger partial charge in [0.05, 0.1) is 17.4 Å². The Labute approximate surface area is 196 Å². The van der Waals surface area contributed by atoms with Gasteiger partial charge in [-0.3, -0.25) is 9.89 Å². The van der Waals surface area contributed by atoms with Gasteiger partial charge in [0.2, 0.25) is 0 Å². The smallest absolute Gasteiger partial charge is 0.386 e. The average molecular weight is 569 g/mol. The maximum atomic E-state index is 12.4. The van der Waals surface area contributed by atoms with Crippen molar-refractivity contribution in [3.63, 3.8) is 0 Å². The predicted octanol–water partition coefficient (Wildman–Crippen LogP) is 4.27. The molecule has 11 heteroatoms. The second-order valence-corrected chi connectivity index (χ2v) is 8.67. The lowest BCUT2D eigenvalue weighted by atomic mass is 9.93. The molecule has 0 aromatic carbocycles. The van der Waals surface area contributed by atoms with Crippen LogP contribution in [-0.4, -0.2) is 61.4 Å². The van der Waals surface area contributed by atoms with Crippen LogP contribution in [-0.2, 0) is 0 Å². The molecule has 1 atom stereocenters. The van der Waals surface area contributed by atoms with Gasteiger partial charge in [0.25, 0.3) is 0 Å².